The number of rotatable bonds is 6. The van der Waals surface area contributed by atoms with E-state index < -0.39 is 20.3 Å². The molecule has 150 valence electrons. The van der Waals surface area contributed by atoms with Gasteiger partial charge in [-0.3, -0.25) is 9.59 Å². The van der Waals surface area contributed by atoms with Gasteiger partial charge in [0.25, 0.3) is 5.56 Å². The molecule has 0 fully saturated rings. The molecule has 1 heterocycles. The van der Waals surface area contributed by atoms with Gasteiger partial charge in [-0.15, -0.1) is 0 Å². The Morgan fingerprint density at radius 3 is 2.59 bits per heavy atom. The molecule has 0 aliphatic carbocycles. The Balaban J connectivity index is 1.70. The number of carbonyl (C=O) groups excluding carboxylic acids is 1. The number of amides is 1. The normalized spacial score (nSPS) is 11.2. The van der Waals surface area contributed by atoms with Crippen molar-refractivity contribution in [2.24, 2.45) is 0 Å². The average molecular weight is 450 g/mol. The standard InChI is InChI=1S/C19H16ClN3O4S2/c1-12-5-7-15(8-6-12)29(26,27)16-10-21-19(23-18(16)25)28-11-17(24)22-14-4-2-3-13(20)9-14/h2-10H,11H2,1H3,(H,22,24)(H,21,23,25). The molecule has 3 aromatic rings. The van der Waals surface area contributed by atoms with Crippen molar-refractivity contribution < 1.29 is 13.2 Å². The van der Waals surface area contributed by atoms with E-state index in [0.29, 0.717) is 10.7 Å². The highest BCUT2D eigenvalue weighted by atomic mass is 35.5. The zero-order valence-corrected chi connectivity index (χ0v) is 17.6. The lowest BCUT2D eigenvalue weighted by molar-refractivity contribution is -0.113. The van der Waals surface area contributed by atoms with E-state index in [1.165, 1.54) is 12.1 Å². The number of H-pyrrole nitrogens is 1. The van der Waals surface area contributed by atoms with Crippen LogP contribution in [-0.4, -0.2) is 30.0 Å². The van der Waals surface area contributed by atoms with Crippen LogP contribution < -0.4 is 10.9 Å². The first-order valence-electron chi connectivity index (χ1n) is 8.35. The van der Waals surface area contributed by atoms with Crippen LogP contribution in [0.4, 0.5) is 5.69 Å². The van der Waals surface area contributed by atoms with Gasteiger partial charge in [0.05, 0.1) is 16.8 Å². The molecule has 1 aromatic heterocycles. The van der Waals surface area contributed by atoms with E-state index in [1.807, 2.05) is 6.92 Å². The SMILES string of the molecule is Cc1ccc(S(=O)(=O)c2cnc(SCC(=O)Nc3cccc(Cl)c3)[nH]c2=O)cc1. The van der Waals surface area contributed by atoms with Crippen molar-refractivity contribution in [1.82, 2.24) is 9.97 Å². The van der Waals surface area contributed by atoms with Gasteiger partial charge in [-0.25, -0.2) is 13.4 Å². The fraction of sp³-hybridized carbons (Fsp3) is 0.105. The maximum Gasteiger partial charge on any atom is 0.270 e. The molecule has 0 unspecified atom stereocenters. The van der Waals surface area contributed by atoms with E-state index in [9.17, 15) is 18.0 Å². The molecule has 0 saturated heterocycles. The third-order valence-corrected chi connectivity index (χ3v) is 6.70. The number of benzene rings is 2. The average Bonchev–Trinajstić information content (AvgIpc) is 2.66. The Morgan fingerprint density at radius 1 is 1.21 bits per heavy atom. The van der Waals surface area contributed by atoms with Gasteiger partial charge in [-0.2, -0.15) is 0 Å². The lowest BCUT2D eigenvalue weighted by Gasteiger charge is -2.06. The van der Waals surface area contributed by atoms with Crippen molar-refractivity contribution in [2.75, 3.05) is 11.1 Å². The molecule has 0 aliphatic heterocycles. The van der Waals surface area contributed by atoms with Crippen LogP contribution in [0.1, 0.15) is 5.56 Å². The second-order valence-corrected chi connectivity index (χ2v) is 9.36. The summed E-state index contributed by atoms with van der Waals surface area (Å²) in [6, 6.07) is 12.9. The predicted molar refractivity (Wildman–Crippen MR) is 112 cm³/mol. The molecule has 0 saturated carbocycles. The van der Waals surface area contributed by atoms with Gasteiger partial charge < -0.3 is 10.3 Å². The third-order valence-electron chi connectivity index (χ3n) is 3.81. The minimum Gasteiger partial charge on any atom is -0.325 e. The fourth-order valence-corrected chi connectivity index (χ4v) is 4.43. The smallest absolute Gasteiger partial charge is 0.270 e. The zero-order chi connectivity index (χ0) is 21.0. The molecular formula is C19H16ClN3O4S2. The molecule has 0 radical (unpaired) electrons. The quantitative estimate of drug-likeness (QED) is 0.441. The van der Waals surface area contributed by atoms with E-state index in [0.717, 1.165) is 23.5 Å². The Kier molecular flexibility index (Phi) is 6.41. The van der Waals surface area contributed by atoms with Crippen molar-refractivity contribution in [3.63, 3.8) is 0 Å². The number of sulfone groups is 1. The third kappa shape index (κ3) is 5.26. The van der Waals surface area contributed by atoms with Gasteiger partial charge in [0.15, 0.2) is 10.1 Å². The summed E-state index contributed by atoms with van der Waals surface area (Å²) < 4.78 is 25.3. The van der Waals surface area contributed by atoms with E-state index in [-0.39, 0.29) is 21.7 Å². The molecule has 2 aromatic carbocycles. The number of nitrogens with zero attached hydrogens (tertiary/aromatic N) is 1. The summed E-state index contributed by atoms with van der Waals surface area (Å²) in [6.07, 6.45) is 1.01. The Bertz CT molecular complexity index is 1210. The minimum absolute atomic E-state index is 0.0108. The summed E-state index contributed by atoms with van der Waals surface area (Å²) in [4.78, 5) is 30.3. The molecule has 7 nitrogen and oxygen atoms in total. The molecule has 10 heteroatoms. The number of hydrogen-bond acceptors (Lipinski definition) is 6. The predicted octanol–water partition coefficient (Wildman–Crippen LogP) is 3.30. The number of aromatic nitrogens is 2. The molecule has 2 N–H and O–H groups in total. The first-order valence-corrected chi connectivity index (χ1v) is 11.2. The summed E-state index contributed by atoms with van der Waals surface area (Å²) in [6.45, 7) is 1.83. The van der Waals surface area contributed by atoms with Crippen molar-refractivity contribution in [3.8, 4) is 0 Å². The molecular weight excluding hydrogens is 434 g/mol. The molecule has 0 spiro atoms. The van der Waals surface area contributed by atoms with Crippen LogP contribution in [0.15, 0.2) is 74.5 Å². The second-order valence-electron chi connectivity index (χ2n) is 6.05. The summed E-state index contributed by atoms with van der Waals surface area (Å²) in [7, 11) is -3.99. The van der Waals surface area contributed by atoms with E-state index in [2.05, 4.69) is 15.3 Å². The molecule has 29 heavy (non-hydrogen) atoms. The topological polar surface area (TPSA) is 109 Å². The molecule has 0 aliphatic rings. The van der Waals surface area contributed by atoms with Gasteiger partial charge in [0, 0.05) is 10.7 Å². The van der Waals surface area contributed by atoms with Gasteiger partial charge in [-0.05, 0) is 37.3 Å². The number of halogens is 1. The first kappa shape index (κ1) is 21.1. The van der Waals surface area contributed by atoms with Crippen LogP contribution in [0.3, 0.4) is 0 Å². The number of carbonyl (C=O) groups is 1. The van der Waals surface area contributed by atoms with Crippen LogP contribution in [0, 0.1) is 6.92 Å². The Morgan fingerprint density at radius 2 is 1.93 bits per heavy atom. The summed E-state index contributed by atoms with van der Waals surface area (Å²) in [5.41, 5.74) is 0.654. The highest BCUT2D eigenvalue weighted by molar-refractivity contribution is 7.99. The van der Waals surface area contributed by atoms with Crippen LogP contribution in [0.5, 0.6) is 0 Å². The van der Waals surface area contributed by atoms with Crippen LogP contribution in [0.2, 0.25) is 5.02 Å². The molecule has 0 bridgehead atoms. The first-order chi connectivity index (χ1) is 13.8. The Hall–Kier alpha value is -2.62. The van der Waals surface area contributed by atoms with E-state index >= 15 is 0 Å². The number of anilines is 1. The van der Waals surface area contributed by atoms with Crippen LogP contribution in [0.25, 0.3) is 0 Å². The number of nitrogens with one attached hydrogen (secondary N) is 2. The monoisotopic (exact) mass is 449 g/mol. The van der Waals surface area contributed by atoms with Crippen molar-refractivity contribution in [3.05, 3.63) is 75.7 Å². The number of aryl methyl sites for hydroxylation is 1. The van der Waals surface area contributed by atoms with Crippen LogP contribution >= 0.6 is 23.4 Å². The van der Waals surface area contributed by atoms with Crippen molar-refractivity contribution in [1.29, 1.82) is 0 Å². The lowest BCUT2D eigenvalue weighted by Crippen LogP contribution is -2.20. The number of hydrogen-bond donors (Lipinski definition) is 2. The second kappa shape index (κ2) is 8.81. The lowest BCUT2D eigenvalue weighted by atomic mass is 10.2. The summed E-state index contributed by atoms with van der Waals surface area (Å²) in [5, 5.41) is 3.30. The van der Waals surface area contributed by atoms with Gasteiger partial charge in [0.2, 0.25) is 15.7 Å². The fourth-order valence-electron chi connectivity index (χ4n) is 2.37. The molecule has 0 atom stereocenters. The highest BCUT2D eigenvalue weighted by Crippen LogP contribution is 2.20. The largest absolute Gasteiger partial charge is 0.325 e. The molecule has 3 rings (SSSR count). The number of aromatic amines is 1. The summed E-state index contributed by atoms with van der Waals surface area (Å²) >= 11 is 6.84. The Labute approximate surface area is 176 Å². The van der Waals surface area contributed by atoms with Gasteiger partial charge in [-0.1, -0.05) is 47.1 Å². The maximum absolute atomic E-state index is 12.6. The molecule has 1 amide bonds. The summed E-state index contributed by atoms with van der Waals surface area (Å²) in [5.74, 6) is -0.351. The van der Waals surface area contributed by atoms with E-state index in [1.54, 1.807) is 36.4 Å². The van der Waals surface area contributed by atoms with Gasteiger partial charge >= 0.3 is 0 Å². The van der Waals surface area contributed by atoms with Crippen LogP contribution in [-0.2, 0) is 14.6 Å². The van der Waals surface area contributed by atoms with E-state index in [4.69, 9.17) is 11.6 Å². The van der Waals surface area contributed by atoms with Gasteiger partial charge in [0.1, 0.15) is 0 Å². The van der Waals surface area contributed by atoms with Crippen molar-refractivity contribution in [2.45, 2.75) is 21.9 Å². The zero-order valence-electron chi connectivity index (χ0n) is 15.2. The highest BCUT2D eigenvalue weighted by Gasteiger charge is 2.22. The maximum atomic E-state index is 12.6. The van der Waals surface area contributed by atoms with Crippen molar-refractivity contribution >= 4 is 44.8 Å². The number of thioether (sulfide) groups is 1. The minimum atomic E-state index is -3.99.